The summed E-state index contributed by atoms with van der Waals surface area (Å²) >= 11 is 0. The maximum atomic E-state index is 2.49. The number of nitrogens with zero attached hydrogens (tertiary/aromatic N) is 1. The zero-order valence-electron chi connectivity index (χ0n) is 12.1. The summed E-state index contributed by atoms with van der Waals surface area (Å²) in [5.74, 6) is 1.54. The molecule has 0 unspecified atom stereocenters. The molecule has 0 N–H and O–H groups in total. The van der Waals surface area contributed by atoms with Gasteiger partial charge in [0, 0.05) is 6.04 Å². The third kappa shape index (κ3) is 5.55. The summed E-state index contributed by atoms with van der Waals surface area (Å²) in [5, 5.41) is 0. The van der Waals surface area contributed by atoms with Gasteiger partial charge in [-0.15, -0.1) is 0 Å². The van der Waals surface area contributed by atoms with E-state index in [2.05, 4.69) is 60.4 Å². The van der Waals surface area contributed by atoms with Crippen molar-refractivity contribution in [1.82, 2.24) is 4.90 Å². The molecule has 15 heavy (non-hydrogen) atoms. The van der Waals surface area contributed by atoms with Gasteiger partial charge in [0.25, 0.3) is 0 Å². The lowest BCUT2D eigenvalue weighted by Crippen LogP contribution is -2.35. The predicted molar refractivity (Wildman–Crippen MR) is 70.2 cm³/mol. The molecule has 0 rings (SSSR count). The van der Waals surface area contributed by atoms with Crippen LogP contribution in [0.25, 0.3) is 0 Å². The van der Waals surface area contributed by atoms with Gasteiger partial charge in [0.05, 0.1) is 0 Å². The molecule has 0 saturated carbocycles. The smallest absolute Gasteiger partial charge is 0.00868 e. The van der Waals surface area contributed by atoms with Gasteiger partial charge in [-0.25, -0.2) is 0 Å². The van der Waals surface area contributed by atoms with Crippen LogP contribution in [0.15, 0.2) is 0 Å². The molecule has 1 nitrogen and oxygen atoms in total. The third-order valence-corrected chi connectivity index (χ3v) is 4.05. The summed E-state index contributed by atoms with van der Waals surface area (Å²) in [6, 6.07) is 0.692. The van der Waals surface area contributed by atoms with E-state index in [1.165, 1.54) is 13.0 Å². The van der Waals surface area contributed by atoms with E-state index in [4.69, 9.17) is 0 Å². The van der Waals surface area contributed by atoms with Crippen LogP contribution < -0.4 is 0 Å². The van der Waals surface area contributed by atoms with Gasteiger partial charge >= 0.3 is 0 Å². The van der Waals surface area contributed by atoms with Gasteiger partial charge in [0.2, 0.25) is 0 Å². The Balaban J connectivity index is 3.96. The summed E-state index contributed by atoms with van der Waals surface area (Å²) in [6.07, 6.45) is 1.30. The SMILES string of the molecule is CC(C)[C@H](C)N(C)CC[C@H](C)C(C)(C)C. The summed E-state index contributed by atoms with van der Waals surface area (Å²) in [6.45, 7) is 17.5. The standard InChI is InChI=1S/C14H31N/c1-11(2)13(4)15(8)10-9-12(3)14(5,6)7/h11-13H,9-10H2,1-8H3/t12-,13-/m0/s1. The van der Waals surface area contributed by atoms with Crippen LogP contribution in [0.1, 0.15) is 54.9 Å². The summed E-state index contributed by atoms with van der Waals surface area (Å²) < 4.78 is 0. The molecule has 0 aliphatic rings. The first kappa shape index (κ1) is 15.0. The Kier molecular flexibility index (Phi) is 5.87. The molecule has 0 amide bonds. The van der Waals surface area contributed by atoms with Gasteiger partial charge < -0.3 is 4.90 Å². The molecule has 0 aromatic heterocycles. The third-order valence-electron chi connectivity index (χ3n) is 4.05. The molecule has 92 valence electrons. The van der Waals surface area contributed by atoms with Crippen LogP contribution in [0, 0.1) is 17.3 Å². The summed E-state index contributed by atoms with van der Waals surface area (Å²) in [5.41, 5.74) is 0.446. The minimum Gasteiger partial charge on any atom is -0.303 e. The van der Waals surface area contributed by atoms with E-state index in [-0.39, 0.29) is 0 Å². The lowest BCUT2D eigenvalue weighted by atomic mass is 9.80. The van der Waals surface area contributed by atoms with E-state index >= 15 is 0 Å². The van der Waals surface area contributed by atoms with Crippen LogP contribution >= 0.6 is 0 Å². The minimum absolute atomic E-state index is 0.446. The van der Waals surface area contributed by atoms with Gasteiger partial charge in [-0.3, -0.25) is 0 Å². The van der Waals surface area contributed by atoms with Gasteiger partial charge in [-0.1, -0.05) is 41.5 Å². The monoisotopic (exact) mass is 213 g/mol. The fourth-order valence-electron chi connectivity index (χ4n) is 1.54. The molecule has 0 aliphatic heterocycles. The zero-order valence-corrected chi connectivity index (χ0v) is 12.1. The van der Waals surface area contributed by atoms with Crippen LogP contribution in [0.5, 0.6) is 0 Å². The number of hydrogen-bond acceptors (Lipinski definition) is 1. The van der Waals surface area contributed by atoms with E-state index < -0.39 is 0 Å². The largest absolute Gasteiger partial charge is 0.303 e. The Morgan fingerprint density at radius 1 is 1.00 bits per heavy atom. The Morgan fingerprint density at radius 2 is 1.47 bits per heavy atom. The molecule has 0 fully saturated rings. The Hall–Kier alpha value is -0.0400. The zero-order chi connectivity index (χ0) is 12.2. The number of hydrogen-bond donors (Lipinski definition) is 0. The first-order valence-electron chi connectivity index (χ1n) is 6.36. The molecule has 0 aromatic carbocycles. The van der Waals surface area contributed by atoms with Gasteiger partial charge in [0.1, 0.15) is 0 Å². The second kappa shape index (κ2) is 5.89. The van der Waals surface area contributed by atoms with Crippen LogP contribution in [-0.4, -0.2) is 24.5 Å². The minimum atomic E-state index is 0.446. The average molecular weight is 213 g/mol. The molecule has 1 heteroatoms. The summed E-state index contributed by atoms with van der Waals surface area (Å²) in [4.78, 5) is 2.49. The molecule has 0 saturated heterocycles. The van der Waals surface area contributed by atoms with Crippen LogP contribution in [0.3, 0.4) is 0 Å². The topological polar surface area (TPSA) is 3.24 Å². The molecule has 0 aromatic rings. The van der Waals surface area contributed by atoms with Crippen molar-refractivity contribution >= 4 is 0 Å². The molecule has 2 atom stereocenters. The van der Waals surface area contributed by atoms with E-state index in [0.717, 1.165) is 11.8 Å². The second-order valence-corrected chi connectivity index (χ2v) is 6.52. The molecule has 0 aliphatic carbocycles. The molecular weight excluding hydrogens is 182 g/mol. The Morgan fingerprint density at radius 3 is 1.80 bits per heavy atom. The second-order valence-electron chi connectivity index (χ2n) is 6.52. The molecule has 0 bridgehead atoms. The molecular formula is C14H31N. The van der Waals surface area contributed by atoms with Crippen molar-refractivity contribution in [3.05, 3.63) is 0 Å². The van der Waals surface area contributed by atoms with Crippen molar-refractivity contribution in [2.45, 2.75) is 60.9 Å². The van der Waals surface area contributed by atoms with Crippen LogP contribution in [-0.2, 0) is 0 Å². The Bertz CT molecular complexity index is 167. The van der Waals surface area contributed by atoms with E-state index in [9.17, 15) is 0 Å². The van der Waals surface area contributed by atoms with Gasteiger partial charge in [-0.2, -0.15) is 0 Å². The highest BCUT2D eigenvalue weighted by Gasteiger charge is 2.21. The van der Waals surface area contributed by atoms with Gasteiger partial charge in [-0.05, 0) is 44.2 Å². The fourth-order valence-corrected chi connectivity index (χ4v) is 1.54. The highest BCUT2D eigenvalue weighted by molar-refractivity contribution is 4.73. The summed E-state index contributed by atoms with van der Waals surface area (Å²) in [7, 11) is 2.25. The van der Waals surface area contributed by atoms with E-state index in [1.54, 1.807) is 0 Å². The maximum absolute atomic E-state index is 2.49. The van der Waals surface area contributed by atoms with Gasteiger partial charge in [0.15, 0.2) is 0 Å². The maximum Gasteiger partial charge on any atom is 0.00868 e. The van der Waals surface area contributed by atoms with Crippen molar-refractivity contribution < 1.29 is 0 Å². The van der Waals surface area contributed by atoms with Crippen molar-refractivity contribution in [3.8, 4) is 0 Å². The fraction of sp³-hybridized carbons (Fsp3) is 1.00. The first-order valence-corrected chi connectivity index (χ1v) is 6.36. The predicted octanol–water partition coefficient (Wildman–Crippen LogP) is 4.04. The molecule has 0 heterocycles. The van der Waals surface area contributed by atoms with Crippen molar-refractivity contribution in [2.75, 3.05) is 13.6 Å². The molecule has 0 radical (unpaired) electrons. The number of rotatable bonds is 5. The average Bonchev–Trinajstić information content (AvgIpc) is 2.10. The molecule has 0 spiro atoms. The lowest BCUT2D eigenvalue weighted by molar-refractivity contribution is 0.166. The van der Waals surface area contributed by atoms with Crippen LogP contribution in [0.4, 0.5) is 0 Å². The lowest BCUT2D eigenvalue weighted by Gasteiger charge is -2.32. The first-order chi connectivity index (χ1) is 6.66. The van der Waals surface area contributed by atoms with Crippen LogP contribution in [0.2, 0.25) is 0 Å². The van der Waals surface area contributed by atoms with E-state index in [1.807, 2.05) is 0 Å². The highest BCUT2D eigenvalue weighted by atomic mass is 15.1. The Labute approximate surface area is 97.2 Å². The van der Waals surface area contributed by atoms with E-state index in [0.29, 0.717) is 11.5 Å². The normalized spacial score (nSPS) is 17.2. The van der Waals surface area contributed by atoms with Crippen molar-refractivity contribution in [3.63, 3.8) is 0 Å². The van der Waals surface area contributed by atoms with Crippen molar-refractivity contribution in [2.24, 2.45) is 17.3 Å². The quantitative estimate of drug-likeness (QED) is 0.666. The highest BCUT2D eigenvalue weighted by Crippen LogP contribution is 2.28. The van der Waals surface area contributed by atoms with Crippen molar-refractivity contribution in [1.29, 1.82) is 0 Å².